The molecule has 2 aromatic carbocycles. The number of anilines is 1. The van der Waals surface area contributed by atoms with Gasteiger partial charge in [-0.2, -0.15) is 0 Å². The highest BCUT2D eigenvalue weighted by Crippen LogP contribution is 2.26. The van der Waals surface area contributed by atoms with E-state index in [1.165, 1.54) is 4.90 Å². The maximum absolute atomic E-state index is 12.4. The molecule has 0 unspecified atom stereocenters. The number of imide groups is 1. The highest BCUT2D eigenvalue weighted by atomic mass is 79.9. The predicted molar refractivity (Wildman–Crippen MR) is 103 cm³/mol. The SMILES string of the molecule is Cc1cc(C)cc(NC(=O)CCCN2C(=O)c3ccc(Br)cc3C2=O)c1. The van der Waals surface area contributed by atoms with E-state index in [9.17, 15) is 14.4 Å². The fourth-order valence-corrected chi connectivity index (χ4v) is 3.50. The monoisotopic (exact) mass is 414 g/mol. The van der Waals surface area contributed by atoms with Gasteiger partial charge in [-0.3, -0.25) is 19.3 Å². The van der Waals surface area contributed by atoms with Crippen molar-refractivity contribution < 1.29 is 14.4 Å². The molecule has 1 aliphatic rings. The van der Waals surface area contributed by atoms with E-state index in [1.54, 1.807) is 18.2 Å². The van der Waals surface area contributed by atoms with E-state index in [-0.39, 0.29) is 30.7 Å². The molecule has 0 bridgehead atoms. The lowest BCUT2D eigenvalue weighted by molar-refractivity contribution is -0.116. The van der Waals surface area contributed by atoms with Gasteiger partial charge in [-0.25, -0.2) is 0 Å². The molecule has 0 saturated heterocycles. The summed E-state index contributed by atoms with van der Waals surface area (Å²) in [6.45, 7) is 4.18. The van der Waals surface area contributed by atoms with Gasteiger partial charge in [0.25, 0.3) is 11.8 Å². The lowest BCUT2D eigenvalue weighted by Crippen LogP contribution is -2.31. The summed E-state index contributed by atoms with van der Waals surface area (Å²) in [4.78, 5) is 38.1. The first kappa shape index (κ1) is 18.3. The van der Waals surface area contributed by atoms with E-state index in [0.717, 1.165) is 21.3 Å². The van der Waals surface area contributed by atoms with Gasteiger partial charge in [0.15, 0.2) is 0 Å². The van der Waals surface area contributed by atoms with Crippen molar-refractivity contribution in [1.29, 1.82) is 0 Å². The van der Waals surface area contributed by atoms with Crippen molar-refractivity contribution >= 4 is 39.3 Å². The summed E-state index contributed by atoms with van der Waals surface area (Å²) in [6.07, 6.45) is 0.660. The van der Waals surface area contributed by atoms with Crippen molar-refractivity contribution in [3.8, 4) is 0 Å². The summed E-state index contributed by atoms with van der Waals surface area (Å²) in [5.74, 6) is -0.734. The predicted octanol–water partition coefficient (Wildman–Crippen LogP) is 4.08. The third-order valence-electron chi connectivity index (χ3n) is 4.22. The largest absolute Gasteiger partial charge is 0.326 e. The highest BCUT2D eigenvalue weighted by molar-refractivity contribution is 9.10. The number of hydrogen-bond donors (Lipinski definition) is 1. The van der Waals surface area contributed by atoms with Crippen LogP contribution in [0.25, 0.3) is 0 Å². The minimum atomic E-state index is -0.305. The lowest BCUT2D eigenvalue weighted by atomic mass is 10.1. The Hall–Kier alpha value is -2.47. The number of nitrogens with zero attached hydrogens (tertiary/aromatic N) is 1. The minimum Gasteiger partial charge on any atom is -0.326 e. The molecule has 134 valence electrons. The summed E-state index contributed by atoms with van der Waals surface area (Å²) in [5.41, 5.74) is 3.75. The summed E-state index contributed by atoms with van der Waals surface area (Å²) in [7, 11) is 0. The Morgan fingerprint density at radius 1 is 1.00 bits per heavy atom. The second-order valence-electron chi connectivity index (χ2n) is 6.48. The number of aryl methyl sites for hydroxylation is 2. The van der Waals surface area contributed by atoms with E-state index >= 15 is 0 Å². The third-order valence-corrected chi connectivity index (χ3v) is 4.72. The van der Waals surface area contributed by atoms with Gasteiger partial charge >= 0.3 is 0 Å². The molecule has 26 heavy (non-hydrogen) atoms. The molecule has 0 spiro atoms. The Kier molecular flexibility index (Phi) is 5.23. The number of carbonyl (C=O) groups is 3. The third kappa shape index (κ3) is 3.85. The smallest absolute Gasteiger partial charge is 0.261 e. The molecule has 1 N–H and O–H groups in total. The molecule has 0 aromatic heterocycles. The number of halogens is 1. The van der Waals surface area contributed by atoms with Crippen LogP contribution < -0.4 is 5.32 Å². The molecule has 6 heteroatoms. The van der Waals surface area contributed by atoms with E-state index in [2.05, 4.69) is 21.2 Å². The Morgan fingerprint density at radius 2 is 1.65 bits per heavy atom. The van der Waals surface area contributed by atoms with Gasteiger partial charge in [-0.1, -0.05) is 22.0 Å². The fourth-order valence-electron chi connectivity index (χ4n) is 3.13. The topological polar surface area (TPSA) is 66.5 Å². The van der Waals surface area contributed by atoms with E-state index in [4.69, 9.17) is 0 Å². The summed E-state index contributed by atoms with van der Waals surface area (Å²) in [6, 6.07) is 10.9. The average Bonchev–Trinajstić information content (AvgIpc) is 2.78. The van der Waals surface area contributed by atoms with Crippen LogP contribution in [0, 0.1) is 13.8 Å². The first-order valence-electron chi connectivity index (χ1n) is 8.39. The summed E-state index contributed by atoms with van der Waals surface area (Å²) < 4.78 is 0.757. The van der Waals surface area contributed by atoms with Crippen LogP contribution in [0.4, 0.5) is 5.69 Å². The second-order valence-corrected chi connectivity index (χ2v) is 7.40. The van der Waals surface area contributed by atoms with Crippen LogP contribution in [0.15, 0.2) is 40.9 Å². The van der Waals surface area contributed by atoms with E-state index in [0.29, 0.717) is 17.5 Å². The standard InChI is InChI=1S/C20H19BrN2O3/c1-12-8-13(2)10-15(9-12)22-18(24)4-3-7-23-19(25)16-6-5-14(21)11-17(16)20(23)26/h5-6,8-11H,3-4,7H2,1-2H3,(H,22,24). The molecule has 0 atom stereocenters. The van der Waals surface area contributed by atoms with Crippen molar-refractivity contribution in [3.05, 3.63) is 63.1 Å². The maximum atomic E-state index is 12.4. The molecule has 0 radical (unpaired) electrons. The van der Waals surface area contributed by atoms with Crippen LogP contribution in [-0.4, -0.2) is 29.2 Å². The van der Waals surface area contributed by atoms with E-state index in [1.807, 2.05) is 32.0 Å². The zero-order chi connectivity index (χ0) is 18.8. The zero-order valence-corrected chi connectivity index (χ0v) is 16.2. The van der Waals surface area contributed by atoms with Crippen molar-refractivity contribution in [2.75, 3.05) is 11.9 Å². The lowest BCUT2D eigenvalue weighted by Gasteiger charge is -2.13. The Bertz CT molecular complexity index is 888. The molecule has 0 saturated carbocycles. The maximum Gasteiger partial charge on any atom is 0.261 e. The first-order chi connectivity index (χ1) is 12.3. The number of nitrogens with one attached hydrogen (secondary N) is 1. The van der Waals surface area contributed by atoms with Crippen molar-refractivity contribution in [2.24, 2.45) is 0 Å². The molecule has 0 fully saturated rings. The Morgan fingerprint density at radius 3 is 2.35 bits per heavy atom. The molecule has 1 heterocycles. The molecule has 5 nitrogen and oxygen atoms in total. The van der Waals surface area contributed by atoms with Gasteiger partial charge in [0.2, 0.25) is 5.91 Å². The molecule has 3 rings (SSSR count). The normalized spacial score (nSPS) is 13.1. The quantitative estimate of drug-likeness (QED) is 0.749. The second kappa shape index (κ2) is 7.41. The van der Waals surface area contributed by atoms with Crippen molar-refractivity contribution in [1.82, 2.24) is 4.90 Å². The number of hydrogen-bond acceptors (Lipinski definition) is 3. The molecule has 3 amide bonds. The van der Waals surface area contributed by atoms with Crippen LogP contribution in [0.1, 0.15) is 44.7 Å². The van der Waals surface area contributed by atoms with Crippen LogP contribution in [-0.2, 0) is 4.79 Å². The van der Waals surface area contributed by atoms with Gasteiger partial charge in [0, 0.05) is 23.1 Å². The highest BCUT2D eigenvalue weighted by Gasteiger charge is 2.35. The Balaban J connectivity index is 1.56. The molecule has 2 aromatic rings. The van der Waals surface area contributed by atoms with Gasteiger partial charge < -0.3 is 5.32 Å². The molecule has 1 aliphatic heterocycles. The van der Waals surface area contributed by atoms with Crippen molar-refractivity contribution in [3.63, 3.8) is 0 Å². The summed E-state index contributed by atoms with van der Waals surface area (Å²) in [5, 5.41) is 2.86. The number of carbonyl (C=O) groups excluding carboxylic acids is 3. The van der Waals surface area contributed by atoms with Crippen LogP contribution in [0.3, 0.4) is 0 Å². The molecule has 0 aliphatic carbocycles. The fraction of sp³-hybridized carbons (Fsp3) is 0.250. The minimum absolute atomic E-state index is 0.130. The molecular weight excluding hydrogens is 396 g/mol. The number of rotatable bonds is 5. The number of fused-ring (bicyclic) bond motifs is 1. The van der Waals surface area contributed by atoms with Gasteiger partial charge in [0.05, 0.1) is 11.1 Å². The van der Waals surface area contributed by atoms with Crippen LogP contribution in [0.5, 0.6) is 0 Å². The number of benzene rings is 2. The van der Waals surface area contributed by atoms with Gasteiger partial charge in [-0.05, 0) is 61.7 Å². The first-order valence-corrected chi connectivity index (χ1v) is 9.18. The number of amides is 3. The molecular formula is C20H19BrN2O3. The Labute approximate surface area is 160 Å². The van der Waals surface area contributed by atoms with Crippen molar-refractivity contribution in [2.45, 2.75) is 26.7 Å². The summed E-state index contributed by atoms with van der Waals surface area (Å²) >= 11 is 3.31. The van der Waals surface area contributed by atoms with E-state index < -0.39 is 0 Å². The van der Waals surface area contributed by atoms with Gasteiger partial charge in [-0.15, -0.1) is 0 Å². The average molecular weight is 415 g/mol. The van der Waals surface area contributed by atoms with Crippen LogP contribution in [0.2, 0.25) is 0 Å². The van der Waals surface area contributed by atoms with Gasteiger partial charge in [0.1, 0.15) is 0 Å². The zero-order valence-electron chi connectivity index (χ0n) is 14.6. The van der Waals surface area contributed by atoms with Crippen LogP contribution >= 0.6 is 15.9 Å².